The molecule has 0 saturated carbocycles. The van der Waals surface area contributed by atoms with E-state index in [9.17, 15) is 29.1 Å². The molecule has 1 aliphatic rings. The molecule has 42 heavy (non-hydrogen) atoms. The fraction of sp³-hybridized carbons (Fsp3) is 0.759. The molecule has 2 radical (unpaired) electrons. The van der Waals surface area contributed by atoms with Crippen molar-refractivity contribution >= 4 is 37.8 Å². The lowest BCUT2D eigenvalue weighted by Gasteiger charge is -2.27. The number of carboxylic acid groups (broad SMARTS) is 1. The Morgan fingerprint density at radius 3 is 2.12 bits per heavy atom. The molecule has 4 amide bonds. The zero-order valence-corrected chi connectivity index (χ0v) is 26.3. The highest BCUT2D eigenvalue weighted by Crippen LogP contribution is 2.22. The van der Waals surface area contributed by atoms with E-state index in [0.29, 0.717) is 25.8 Å². The molecule has 1 saturated heterocycles. The molecule has 12 nitrogen and oxygen atoms in total. The van der Waals surface area contributed by atoms with Gasteiger partial charge in [-0.05, 0) is 79.6 Å². The number of aliphatic carboxylic acids is 1. The summed E-state index contributed by atoms with van der Waals surface area (Å²) >= 11 is 0. The predicted molar refractivity (Wildman–Crippen MR) is 159 cm³/mol. The summed E-state index contributed by atoms with van der Waals surface area (Å²) in [6, 6.07) is -2.47. The number of carbonyl (C=O) groups excluding carboxylic acids is 4. The first-order valence-corrected chi connectivity index (χ1v) is 14.5. The SMILES string of the molecule is [B][C@@H](/C=C/[C@H](CC(C)C)NC(=O)OC(C)(C)C)C(=O)N1CCC[C@H]1C(=O)N[C@@H](CCCNC(=O)OC(C)(C)C)C(=O)O. The average molecular weight is 593 g/mol. The highest BCUT2D eigenvalue weighted by molar-refractivity contribution is 6.25. The standard InChI is InChI=1S/C29H49BN4O8/c1-18(2)17-19(32-27(40)42-29(6,7)8)13-14-20(30)24(36)34-16-10-12-22(34)23(35)33-21(25(37)38)11-9-15-31-26(39)41-28(3,4)5/h13-14,18-22H,9-12,15-17H2,1-8H3,(H,31,39)(H,32,40)(H,33,35)(H,37,38)/b14-13+/t19-,20+,21+,22+/m1/s1. The first-order chi connectivity index (χ1) is 19.3. The van der Waals surface area contributed by atoms with Crippen molar-refractivity contribution in [2.24, 2.45) is 5.92 Å². The van der Waals surface area contributed by atoms with Crippen LogP contribution in [0.3, 0.4) is 0 Å². The van der Waals surface area contributed by atoms with Gasteiger partial charge in [-0.25, -0.2) is 14.4 Å². The molecule has 0 bridgehead atoms. The minimum absolute atomic E-state index is 0.0711. The normalized spacial score (nSPS) is 17.8. The number of carboxylic acids is 1. The highest BCUT2D eigenvalue weighted by Gasteiger charge is 2.36. The highest BCUT2D eigenvalue weighted by atomic mass is 16.6. The smallest absolute Gasteiger partial charge is 0.408 e. The molecule has 1 heterocycles. The Morgan fingerprint density at radius 1 is 0.976 bits per heavy atom. The number of amides is 4. The van der Waals surface area contributed by atoms with Crippen LogP contribution >= 0.6 is 0 Å². The largest absolute Gasteiger partial charge is 0.480 e. The van der Waals surface area contributed by atoms with E-state index in [-0.39, 0.29) is 25.3 Å². The van der Waals surface area contributed by atoms with Crippen LogP contribution in [0.15, 0.2) is 12.2 Å². The van der Waals surface area contributed by atoms with Crippen molar-refractivity contribution in [2.75, 3.05) is 13.1 Å². The third-order valence-electron chi connectivity index (χ3n) is 6.05. The van der Waals surface area contributed by atoms with Crippen molar-refractivity contribution in [2.45, 2.75) is 123 Å². The van der Waals surface area contributed by atoms with E-state index >= 15 is 0 Å². The molecule has 13 heteroatoms. The topological polar surface area (TPSA) is 163 Å². The number of nitrogens with one attached hydrogen (secondary N) is 3. The fourth-order valence-electron chi connectivity index (χ4n) is 4.32. The summed E-state index contributed by atoms with van der Waals surface area (Å²) in [5.74, 6) is -3.09. The first-order valence-electron chi connectivity index (χ1n) is 14.5. The van der Waals surface area contributed by atoms with Gasteiger partial charge in [0.15, 0.2) is 0 Å². The molecule has 4 atom stereocenters. The van der Waals surface area contributed by atoms with Crippen molar-refractivity contribution in [3.63, 3.8) is 0 Å². The molecule has 0 unspecified atom stereocenters. The van der Waals surface area contributed by atoms with Crippen LogP contribution in [0.5, 0.6) is 0 Å². The number of rotatable bonds is 13. The van der Waals surface area contributed by atoms with Gasteiger partial charge in [0.25, 0.3) is 0 Å². The molecule has 1 aliphatic heterocycles. The van der Waals surface area contributed by atoms with E-state index in [2.05, 4.69) is 16.0 Å². The molecule has 0 spiro atoms. The van der Waals surface area contributed by atoms with Crippen molar-refractivity contribution in [1.82, 2.24) is 20.9 Å². The van der Waals surface area contributed by atoms with E-state index in [1.807, 2.05) is 13.8 Å². The van der Waals surface area contributed by atoms with Crippen LogP contribution in [0.4, 0.5) is 9.59 Å². The predicted octanol–water partition coefficient (Wildman–Crippen LogP) is 3.30. The average Bonchev–Trinajstić information content (AvgIpc) is 3.30. The second-order valence-electron chi connectivity index (χ2n) is 13.0. The Morgan fingerprint density at radius 2 is 1.57 bits per heavy atom. The number of nitrogens with zero attached hydrogens (tertiary/aromatic N) is 1. The van der Waals surface area contributed by atoms with Gasteiger partial charge >= 0.3 is 18.2 Å². The van der Waals surface area contributed by atoms with E-state index in [1.54, 1.807) is 47.6 Å². The van der Waals surface area contributed by atoms with Gasteiger partial charge in [0, 0.05) is 18.9 Å². The van der Waals surface area contributed by atoms with Crippen molar-refractivity contribution in [1.29, 1.82) is 0 Å². The van der Waals surface area contributed by atoms with Gasteiger partial charge in [-0.3, -0.25) is 9.59 Å². The number of hydrogen-bond acceptors (Lipinski definition) is 7. The molecular formula is C29H49BN4O8. The number of carbonyl (C=O) groups is 5. The number of likely N-dealkylation sites (tertiary alicyclic amines) is 1. The van der Waals surface area contributed by atoms with Crippen molar-refractivity contribution in [3.05, 3.63) is 12.2 Å². The summed E-state index contributed by atoms with van der Waals surface area (Å²) in [7, 11) is 6.17. The van der Waals surface area contributed by atoms with Crippen LogP contribution in [-0.4, -0.2) is 90.2 Å². The number of hydrogen-bond donors (Lipinski definition) is 4. The van der Waals surface area contributed by atoms with Crippen LogP contribution in [-0.2, 0) is 23.9 Å². The Kier molecular flexibility index (Phi) is 14.4. The molecule has 0 aliphatic carbocycles. The molecule has 1 rings (SSSR count). The van der Waals surface area contributed by atoms with Gasteiger partial charge < -0.3 is 35.4 Å². The Balaban J connectivity index is 2.77. The molecular weight excluding hydrogens is 543 g/mol. The van der Waals surface area contributed by atoms with Gasteiger partial charge in [0.05, 0.1) is 13.9 Å². The Hall–Kier alpha value is -3.25. The molecule has 0 aromatic carbocycles. The number of ether oxygens (including phenoxy) is 2. The second-order valence-corrected chi connectivity index (χ2v) is 13.0. The lowest BCUT2D eigenvalue weighted by atomic mass is 9.84. The zero-order chi connectivity index (χ0) is 32.3. The third kappa shape index (κ3) is 14.6. The Bertz CT molecular complexity index is 974. The lowest BCUT2D eigenvalue weighted by Crippen LogP contribution is -2.51. The lowest BCUT2D eigenvalue weighted by molar-refractivity contribution is -0.143. The summed E-state index contributed by atoms with van der Waals surface area (Å²) < 4.78 is 10.5. The van der Waals surface area contributed by atoms with E-state index in [0.717, 1.165) is 0 Å². The molecule has 0 aromatic rings. The quantitative estimate of drug-likeness (QED) is 0.144. The van der Waals surface area contributed by atoms with Gasteiger partial charge in [-0.1, -0.05) is 26.0 Å². The first kappa shape index (κ1) is 36.8. The van der Waals surface area contributed by atoms with Gasteiger partial charge in [-0.2, -0.15) is 0 Å². The van der Waals surface area contributed by atoms with E-state index < -0.39 is 65.1 Å². The van der Waals surface area contributed by atoms with Crippen LogP contribution in [0.1, 0.15) is 87.5 Å². The summed E-state index contributed by atoms with van der Waals surface area (Å²) in [6.07, 6.45) is 3.85. The maximum atomic E-state index is 13.2. The third-order valence-corrected chi connectivity index (χ3v) is 6.05. The van der Waals surface area contributed by atoms with Crippen LogP contribution in [0.2, 0.25) is 5.82 Å². The van der Waals surface area contributed by atoms with Crippen LogP contribution < -0.4 is 16.0 Å². The summed E-state index contributed by atoms with van der Waals surface area (Å²) in [5.41, 5.74) is -1.32. The van der Waals surface area contributed by atoms with Crippen LogP contribution in [0.25, 0.3) is 0 Å². The van der Waals surface area contributed by atoms with Gasteiger partial charge in [-0.15, -0.1) is 0 Å². The molecule has 236 valence electrons. The molecule has 1 fully saturated rings. The van der Waals surface area contributed by atoms with Crippen molar-refractivity contribution < 1.29 is 38.6 Å². The zero-order valence-electron chi connectivity index (χ0n) is 26.3. The van der Waals surface area contributed by atoms with E-state index in [4.69, 9.17) is 17.3 Å². The summed E-state index contributed by atoms with van der Waals surface area (Å²) in [5, 5.41) is 17.5. The summed E-state index contributed by atoms with van der Waals surface area (Å²) in [6.45, 7) is 15.0. The Labute approximate surface area is 251 Å². The minimum atomic E-state index is -1.22. The van der Waals surface area contributed by atoms with Gasteiger partial charge in [0.1, 0.15) is 23.3 Å². The van der Waals surface area contributed by atoms with Crippen molar-refractivity contribution in [3.8, 4) is 0 Å². The van der Waals surface area contributed by atoms with Gasteiger partial charge in [0.2, 0.25) is 11.8 Å². The number of alkyl carbamates (subject to hydrolysis) is 2. The molecule has 0 aromatic heterocycles. The molecule has 4 N–H and O–H groups in total. The summed E-state index contributed by atoms with van der Waals surface area (Å²) in [4.78, 5) is 63.4. The maximum Gasteiger partial charge on any atom is 0.408 e. The second kappa shape index (κ2) is 16.4. The maximum absolute atomic E-state index is 13.2. The fourth-order valence-corrected chi connectivity index (χ4v) is 4.32. The monoisotopic (exact) mass is 592 g/mol. The minimum Gasteiger partial charge on any atom is -0.480 e. The van der Waals surface area contributed by atoms with E-state index in [1.165, 1.54) is 11.0 Å². The van der Waals surface area contributed by atoms with Crippen LogP contribution in [0, 0.1) is 5.92 Å².